The average Bonchev–Trinajstić information content (AvgIpc) is 2.38. The Morgan fingerprint density at radius 1 is 0.882 bits per heavy atom. The van der Waals surface area contributed by atoms with Crippen molar-refractivity contribution in [2.75, 3.05) is 59.8 Å². The van der Waals surface area contributed by atoms with Gasteiger partial charge in [0.15, 0.2) is 0 Å². The Labute approximate surface area is 104 Å². The number of ether oxygens (including phenoxy) is 4. The predicted octanol–water partition coefficient (Wildman–Crippen LogP) is 0.435. The van der Waals surface area contributed by atoms with E-state index in [9.17, 15) is 0 Å². The molecular weight excluding hydrogens is 222 g/mol. The lowest BCUT2D eigenvalue weighted by atomic mass is 10.1. The molecule has 1 N–H and O–H groups in total. The molecule has 0 unspecified atom stereocenters. The molecule has 0 saturated carbocycles. The molecule has 5 nitrogen and oxygen atoms in total. The van der Waals surface area contributed by atoms with Crippen molar-refractivity contribution in [2.24, 2.45) is 0 Å². The minimum atomic E-state index is 0.415. The zero-order chi connectivity index (χ0) is 12.2. The number of hydrogen-bond acceptors (Lipinski definition) is 5. The van der Waals surface area contributed by atoms with E-state index in [2.05, 4.69) is 5.32 Å². The highest BCUT2D eigenvalue weighted by molar-refractivity contribution is 4.67. The molecule has 0 spiro atoms. The first kappa shape index (κ1) is 14.9. The molecule has 1 saturated heterocycles. The zero-order valence-electron chi connectivity index (χ0n) is 10.8. The molecule has 0 aromatic rings. The fourth-order valence-corrected chi connectivity index (χ4v) is 1.70. The Morgan fingerprint density at radius 3 is 2.12 bits per heavy atom. The molecule has 17 heavy (non-hydrogen) atoms. The number of rotatable bonds is 10. The molecule has 0 aromatic carbocycles. The third-order valence-corrected chi connectivity index (χ3v) is 2.67. The first-order chi connectivity index (χ1) is 8.43. The molecule has 0 amide bonds. The van der Waals surface area contributed by atoms with Crippen LogP contribution in [-0.4, -0.2) is 65.9 Å². The largest absolute Gasteiger partial charge is 0.382 e. The average molecular weight is 247 g/mol. The van der Waals surface area contributed by atoms with Crippen molar-refractivity contribution in [2.45, 2.75) is 18.9 Å². The van der Waals surface area contributed by atoms with Crippen molar-refractivity contribution < 1.29 is 18.9 Å². The van der Waals surface area contributed by atoms with Crippen LogP contribution in [0.15, 0.2) is 0 Å². The smallest absolute Gasteiger partial charge is 0.0704 e. The topological polar surface area (TPSA) is 49.0 Å². The van der Waals surface area contributed by atoms with Crippen LogP contribution >= 0.6 is 0 Å². The van der Waals surface area contributed by atoms with Gasteiger partial charge in [-0.2, -0.15) is 0 Å². The quantitative estimate of drug-likeness (QED) is 0.568. The summed E-state index contributed by atoms with van der Waals surface area (Å²) in [7, 11) is 1.66. The number of methoxy groups -OCH3 is 1. The summed E-state index contributed by atoms with van der Waals surface area (Å²) in [5.41, 5.74) is 0. The molecule has 5 heteroatoms. The number of piperidine rings is 1. The lowest BCUT2D eigenvalue weighted by molar-refractivity contribution is -0.0233. The molecule has 1 fully saturated rings. The van der Waals surface area contributed by atoms with Crippen molar-refractivity contribution in [3.8, 4) is 0 Å². The maximum absolute atomic E-state index is 5.70. The van der Waals surface area contributed by atoms with Crippen LogP contribution in [-0.2, 0) is 18.9 Å². The van der Waals surface area contributed by atoms with Gasteiger partial charge in [0.1, 0.15) is 0 Å². The van der Waals surface area contributed by atoms with Gasteiger partial charge in [0.2, 0.25) is 0 Å². The second-order valence-electron chi connectivity index (χ2n) is 4.04. The van der Waals surface area contributed by atoms with Gasteiger partial charge in [-0.25, -0.2) is 0 Å². The van der Waals surface area contributed by atoms with E-state index in [4.69, 9.17) is 18.9 Å². The second-order valence-corrected chi connectivity index (χ2v) is 4.04. The standard InChI is InChI=1S/C12H25NO4/c1-14-6-7-15-8-9-16-10-11-17-12-2-4-13-5-3-12/h12-13H,2-11H2,1H3. The Kier molecular flexibility index (Phi) is 9.55. The summed E-state index contributed by atoms with van der Waals surface area (Å²) in [6, 6.07) is 0. The van der Waals surface area contributed by atoms with E-state index in [1.54, 1.807) is 7.11 Å². The van der Waals surface area contributed by atoms with Gasteiger partial charge in [-0.1, -0.05) is 0 Å². The highest BCUT2D eigenvalue weighted by Crippen LogP contribution is 2.06. The van der Waals surface area contributed by atoms with Crippen LogP contribution in [0.3, 0.4) is 0 Å². The molecule has 0 radical (unpaired) electrons. The maximum Gasteiger partial charge on any atom is 0.0704 e. The van der Waals surface area contributed by atoms with Crippen molar-refractivity contribution in [3.63, 3.8) is 0 Å². The van der Waals surface area contributed by atoms with E-state index >= 15 is 0 Å². The second kappa shape index (κ2) is 10.9. The molecular formula is C12H25NO4. The molecule has 0 aliphatic carbocycles. The van der Waals surface area contributed by atoms with Crippen LogP contribution in [0.1, 0.15) is 12.8 Å². The van der Waals surface area contributed by atoms with E-state index in [1.807, 2.05) is 0 Å². The summed E-state index contributed by atoms with van der Waals surface area (Å²) in [6.07, 6.45) is 2.64. The van der Waals surface area contributed by atoms with Gasteiger partial charge in [0.05, 0.1) is 45.7 Å². The monoisotopic (exact) mass is 247 g/mol. The summed E-state index contributed by atoms with van der Waals surface area (Å²) >= 11 is 0. The van der Waals surface area contributed by atoms with Crippen LogP contribution < -0.4 is 5.32 Å². The fraction of sp³-hybridized carbons (Fsp3) is 1.00. The molecule has 102 valence electrons. The minimum Gasteiger partial charge on any atom is -0.382 e. The molecule has 0 atom stereocenters. The van der Waals surface area contributed by atoms with Crippen molar-refractivity contribution in [1.82, 2.24) is 5.32 Å². The molecule has 0 aromatic heterocycles. The summed E-state index contributed by atoms with van der Waals surface area (Å²) in [6.45, 7) is 5.98. The van der Waals surface area contributed by atoms with Gasteiger partial charge in [-0.15, -0.1) is 0 Å². The van der Waals surface area contributed by atoms with E-state index in [0.29, 0.717) is 45.7 Å². The Bertz CT molecular complexity index is 163. The normalized spacial score (nSPS) is 17.5. The van der Waals surface area contributed by atoms with Gasteiger partial charge in [-0.3, -0.25) is 0 Å². The van der Waals surface area contributed by atoms with E-state index in [-0.39, 0.29) is 0 Å². The van der Waals surface area contributed by atoms with Gasteiger partial charge < -0.3 is 24.3 Å². The molecule has 1 rings (SSSR count). The van der Waals surface area contributed by atoms with Crippen molar-refractivity contribution in [3.05, 3.63) is 0 Å². The minimum absolute atomic E-state index is 0.415. The lowest BCUT2D eigenvalue weighted by Gasteiger charge is -2.22. The van der Waals surface area contributed by atoms with Crippen LogP contribution in [0, 0.1) is 0 Å². The van der Waals surface area contributed by atoms with E-state index in [1.165, 1.54) is 0 Å². The summed E-state index contributed by atoms with van der Waals surface area (Å²) in [5.74, 6) is 0. The van der Waals surface area contributed by atoms with Crippen LogP contribution in [0.25, 0.3) is 0 Å². The first-order valence-corrected chi connectivity index (χ1v) is 6.40. The van der Waals surface area contributed by atoms with Crippen LogP contribution in [0.2, 0.25) is 0 Å². The van der Waals surface area contributed by atoms with Gasteiger partial charge in [0, 0.05) is 7.11 Å². The SMILES string of the molecule is COCCOCCOCCOC1CCNCC1. The summed E-state index contributed by atoms with van der Waals surface area (Å²) in [4.78, 5) is 0. The third-order valence-electron chi connectivity index (χ3n) is 2.67. The zero-order valence-corrected chi connectivity index (χ0v) is 10.8. The van der Waals surface area contributed by atoms with Gasteiger partial charge in [-0.05, 0) is 25.9 Å². The van der Waals surface area contributed by atoms with Crippen molar-refractivity contribution in [1.29, 1.82) is 0 Å². The predicted molar refractivity (Wildman–Crippen MR) is 65.4 cm³/mol. The first-order valence-electron chi connectivity index (χ1n) is 6.40. The van der Waals surface area contributed by atoms with Crippen LogP contribution in [0.5, 0.6) is 0 Å². The Balaban J connectivity index is 1.75. The summed E-state index contributed by atoms with van der Waals surface area (Å²) < 4.78 is 21.2. The molecule has 0 bridgehead atoms. The highest BCUT2D eigenvalue weighted by Gasteiger charge is 2.12. The highest BCUT2D eigenvalue weighted by atomic mass is 16.6. The number of hydrogen-bond donors (Lipinski definition) is 1. The Hall–Kier alpha value is -0.200. The summed E-state index contributed by atoms with van der Waals surface area (Å²) in [5, 5.41) is 3.31. The lowest BCUT2D eigenvalue weighted by Crippen LogP contribution is -2.33. The maximum atomic E-state index is 5.70. The Morgan fingerprint density at radius 2 is 1.47 bits per heavy atom. The molecule has 1 heterocycles. The number of nitrogens with one attached hydrogen (secondary N) is 1. The van der Waals surface area contributed by atoms with Crippen molar-refractivity contribution >= 4 is 0 Å². The molecule has 1 aliphatic rings. The van der Waals surface area contributed by atoms with E-state index < -0.39 is 0 Å². The van der Waals surface area contributed by atoms with Gasteiger partial charge >= 0.3 is 0 Å². The fourth-order valence-electron chi connectivity index (χ4n) is 1.70. The molecule has 1 aliphatic heterocycles. The van der Waals surface area contributed by atoms with Gasteiger partial charge in [0.25, 0.3) is 0 Å². The van der Waals surface area contributed by atoms with E-state index in [0.717, 1.165) is 25.9 Å². The third kappa shape index (κ3) is 8.51. The van der Waals surface area contributed by atoms with Crippen LogP contribution in [0.4, 0.5) is 0 Å².